The Morgan fingerprint density at radius 1 is 1.60 bits per heavy atom. The van der Waals surface area contributed by atoms with Gasteiger partial charge in [-0.2, -0.15) is 0 Å². The zero-order chi connectivity index (χ0) is 11.1. The Kier molecular flexibility index (Phi) is 5.47. The van der Waals surface area contributed by atoms with Crippen molar-refractivity contribution >= 4 is 6.09 Å². The third-order valence-electron chi connectivity index (χ3n) is 2.81. The topological polar surface area (TPSA) is 41.6 Å². The lowest BCUT2D eigenvalue weighted by Crippen LogP contribution is -2.47. The van der Waals surface area contributed by atoms with Crippen molar-refractivity contribution in [3.8, 4) is 0 Å². The zero-order valence-corrected chi connectivity index (χ0v) is 9.79. The first kappa shape index (κ1) is 12.3. The minimum Gasteiger partial charge on any atom is -0.449 e. The van der Waals surface area contributed by atoms with Crippen molar-refractivity contribution in [2.45, 2.75) is 38.6 Å². The molecule has 0 bridgehead atoms. The smallest absolute Gasteiger partial charge is 0.409 e. The second-order valence-electron chi connectivity index (χ2n) is 4.04. The van der Waals surface area contributed by atoms with E-state index < -0.39 is 0 Å². The Morgan fingerprint density at radius 3 is 3.07 bits per heavy atom. The molecule has 15 heavy (non-hydrogen) atoms. The second kappa shape index (κ2) is 6.67. The molecule has 1 amide bonds. The Labute approximate surface area is 92.0 Å². The fourth-order valence-electron chi connectivity index (χ4n) is 1.77. The number of rotatable bonds is 4. The fourth-order valence-corrected chi connectivity index (χ4v) is 1.77. The number of unbranched alkanes of at least 4 members (excludes halogenated alkanes) is 1. The van der Waals surface area contributed by atoms with Crippen LogP contribution in [-0.2, 0) is 4.74 Å². The molecule has 0 aromatic heterocycles. The number of amides is 1. The van der Waals surface area contributed by atoms with Gasteiger partial charge < -0.3 is 15.0 Å². The average molecular weight is 214 g/mol. The molecule has 88 valence electrons. The van der Waals surface area contributed by atoms with Gasteiger partial charge in [-0.3, -0.25) is 0 Å². The monoisotopic (exact) mass is 214 g/mol. The van der Waals surface area contributed by atoms with Gasteiger partial charge in [-0.1, -0.05) is 13.3 Å². The van der Waals surface area contributed by atoms with E-state index in [-0.39, 0.29) is 6.09 Å². The van der Waals surface area contributed by atoms with Crippen LogP contribution in [0.1, 0.15) is 32.6 Å². The molecule has 0 saturated carbocycles. The molecular formula is C11H22N2O2. The molecule has 1 saturated heterocycles. The number of carbonyl (C=O) groups is 1. The number of nitrogens with one attached hydrogen (secondary N) is 1. The van der Waals surface area contributed by atoms with Crippen LogP contribution in [-0.4, -0.2) is 43.8 Å². The first-order chi connectivity index (χ1) is 7.27. The summed E-state index contributed by atoms with van der Waals surface area (Å²) in [7, 11) is 1.94. The maximum atomic E-state index is 11.6. The second-order valence-corrected chi connectivity index (χ2v) is 4.04. The lowest BCUT2D eigenvalue weighted by atomic mass is 10.1. The van der Waals surface area contributed by atoms with E-state index in [2.05, 4.69) is 12.2 Å². The molecule has 1 N–H and O–H groups in total. The van der Waals surface area contributed by atoms with E-state index in [4.69, 9.17) is 4.74 Å². The summed E-state index contributed by atoms with van der Waals surface area (Å²) in [6.45, 7) is 4.26. The van der Waals surface area contributed by atoms with Crippen LogP contribution < -0.4 is 5.32 Å². The number of ether oxygens (including phenoxy) is 1. The van der Waals surface area contributed by atoms with Crippen molar-refractivity contribution in [3.05, 3.63) is 0 Å². The summed E-state index contributed by atoms with van der Waals surface area (Å²) in [4.78, 5) is 13.4. The van der Waals surface area contributed by atoms with E-state index in [1.54, 1.807) is 4.90 Å². The summed E-state index contributed by atoms with van der Waals surface area (Å²) in [5, 5.41) is 3.21. The van der Waals surface area contributed by atoms with Gasteiger partial charge in [-0.15, -0.1) is 0 Å². The highest BCUT2D eigenvalue weighted by molar-refractivity contribution is 5.67. The number of likely N-dealkylation sites (tertiary alicyclic amines) is 1. The van der Waals surface area contributed by atoms with Crippen LogP contribution in [0.25, 0.3) is 0 Å². The number of piperidine rings is 1. The van der Waals surface area contributed by atoms with E-state index >= 15 is 0 Å². The standard InChI is InChI=1S/C11H22N2O2/c1-3-4-8-15-11(14)13-7-5-6-10(9-13)12-2/h10,12H,3-9H2,1-2H3/t10-/m1/s1. The van der Waals surface area contributed by atoms with Crippen LogP contribution >= 0.6 is 0 Å². The van der Waals surface area contributed by atoms with Crippen molar-refractivity contribution in [2.24, 2.45) is 0 Å². The highest BCUT2D eigenvalue weighted by Crippen LogP contribution is 2.10. The van der Waals surface area contributed by atoms with E-state index in [0.717, 1.165) is 38.8 Å². The molecule has 0 unspecified atom stereocenters. The molecule has 4 heteroatoms. The molecule has 0 radical (unpaired) electrons. The SMILES string of the molecule is CCCCOC(=O)N1CCC[C@@H](NC)C1. The fraction of sp³-hybridized carbons (Fsp3) is 0.909. The average Bonchev–Trinajstić information content (AvgIpc) is 2.29. The number of likely N-dealkylation sites (N-methyl/N-ethyl adjacent to an activating group) is 1. The third kappa shape index (κ3) is 4.08. The van der Waals surface area contributed by atoms with Crippen molar-refractivity contribution in [1.82, 2.24) is 10.2 Å². The molecule has 0 spiro atoms. The van der Waals surface area contributed by atoms with Gasteiger partial charge in [0.2, 0.25) is 0 Å². The maximum absolute atomic E-state index is 11.6. The van der Waals surface area contributed by atoms with Crippen molar-refractivity contribution in [1.29, 1.82) is 0 Å². The van der Waals surface area contributed by atoms with Gasteiger partial charge in [0.1, 0.15) is 0 Å². The summed E-state index contributed by atoms with van der Waals surface area (Å²) in [5.41, 5.74) is 0. The minimum absolute atomic E-state index is 0.150. The van der Waals surface area contributed by atoms with E-state index in [0.29, 0.717) is 12.6 Å². The van der Waals surface area contributed by atoms with E-state index in [9.17, 15) is 4.79 Å². The zero-order valence-electron chi connectivity index (χ0n) is 9.79. The maximum Gasteiger partial charge on any atom is 0.409 e. The first-order valence-electron chi connectivity index (χ1n) is 5.87. The number of hydrogen-bond acceptors (Lipinski definition) is 3. The Bertz CT molecular complexity index is 197. The predicted molar refractivity (Wildman–Crippen MR) is 59.9 cm³/mol. The van der Waals surface area contributed by atoms with Gasteiger partial charge >= 0.3 is 6.09 Å². The van der Waals surface area contributed by atoms with Gasteiger partial charge in [0.15, 0.2) is 0 Å². The van der Waals surface area contributed by atoms with Crippen LogP contribution in [0.2, 0.25) is 0 Å². The lowest BCUT2D eigenvalue weighted by Gasteiger charge is -2.31. The Morgan fingerprint density at radius 2 is 2.40 bits per heavy atom. The summed E-state index contributed by atoms with van der Waals surface area (Å²) in [5.74, 6) is 0. The Hall–Kier alpha value is -0.770. The number of hydrogen-bond donors (Lipinski definition) is 1. The van der Waals surface area contributed by atoms with Gasteiger partial charge in [0.05, 0.1) is 6.61 Å². The van der Waals surface area contributed by atoms with Crippen molar-refractivity contribution < 1.29 is 9.53 Å². The molecule has 4 nitrogen and oxygen atoms in total. The summed E-state index contributed by atoms with van der Waals surface area (Å²) in [6.07, 6.45) is 4.08. The Balaban J connectivity index is 2.25. The summed E-state index contributed by atoms with van der Waals surface area (Å²) in [6, 6.07) is 0.428. The van der Waals surface area contributed by atoms with Crippen LogP contribution in [0.5, 0.6) is 0 Å². The molecule has 1 aliphatic heterocycles. The van der Waals surface area contributed by atoms with Gasteiger partial charge in [-0.05, 0) is 26.3 Å². The first-order valence-corrected chi connectivity index (χ1v) is 5.87. The molecule has 1 heterocycles. The van der Waals surface area contributed by atoms with Crippen molar-refractivity contribution in [3.63, 3.8) is 0 Å². The molecule has 1 atom stereocenters. The van der Waals surface area contributed by atoms with Crippen LogP contribution in [0.15, 0.2) is 0 Å². The molecule has 1 aliphatic rings. The van der Waals surface area contributed by atoms with Crippen LogP contribution in [0.3, 0.4) is 0 Å². The largest absolute Gasteiger partial charge is 0.449 e. The van der Waals surface area contributed by atoms with Crippen LogP contribution in [0.4, 0.5) is 4.79 Å². The number of nitrogens with zero attached hydrogens (tertiary/aromatic N) is 1. The third-order valence-corrected chi connectivity index (χ3v) is 2.81. The van der Waals surface area contributed by atoms with Gasteiger partial charge in [-0.25, -0.2) is 4.79 Å². The normalized spacial score (nSPS) is 21.5. The molecular weight excluding hydrogens is 192 g/mol. The molecule has 1 fully saturated rings. The quantitative estimate of drug-likeness (QED) is 0.723. The van der Waals surface area contributed by atoms with E-state index in [1.807, 2.05) is 7.05 Å². The van der Waals surface area contributed by atoms with Gasteiger partial charge in [0, 0.05) is 19.1 Å². The molecule has 0 aromatic carbocycles. The highest BCUT2D eigenvalue weighted by atomic mass is 16.6. The van der Waals surface area contributed by atoms with Crippen molar-refractivity contribution in [2.75, 3.05) is 26.7 Å². The lowest BCUT2D eigenvalue weighted by molar-refractivity contribution is 0.0884. The van der Waals surface area contributed by atoms with Gasteiger partial charge in [0.25, 0.3) is 0 Å². The number of carbonyl (C=O) groups excluding carboxylic acids is 1. The summed E-state index contributed by atoms with van der Waals surface area (Å²) >= 11 is 0. The highest BCUT2D eigenvalue weighted by Gasteiger charge is 2.23. The van der Waals surface area contributed by atoms with E-state index in [1.165, 1.54) is 0 Å². The molecule has 1 rings (SSSR count). The molecule has 0 aliphatic carbocycles. The summed E-state index contributed by atoms with van der Waals surface area (Å²) < 4.78 is 5.17. The minimum atomic E-state index is -0.150. The predicted octanol–water partition coefficient (Wildman–Crippen LogP) is 1.61. The van der Waals surface area contributed by atoms with Crippen LogP contribution in [0, 0.1) is 0 Å². The molecule has 0 aromatic rings.